The van der Waals surface area contributed by atoms with Crippen molar-refractivity contribution in [2.24, 2.45) is 0 Å². The number of amides is 1. The van der Waals surface area contributed by atoms with Gasteiger partial charge < -0.3 is 5.32 Å². The van der Waals surface area contributed by atoms with E-state index in [1.165, 1.54) is 13.0 Å². The Morgan fingerprint density at radius 3 is 2.76 bits per heavy atom. The maximum atomic E-state index is 12.3. The Hall–Kier alpha value is -1.99. The summed E-state index contributed by atoms with van der Waals surface area (Å²) in [6.07, 6.45) is 1.64. The molecule has 0 bridgehead atoms. The van der Waals surface area contributed by atoms with Gasteiger partial charge in [-0.2, -0.15) is 0 Å². The number of fused-ring (bicyclic) bond motifs is 1. The minimum absolute atomic E-state index is 0.129. The molecule has 112 valence electrons. The zero-order chi connectivity index (χ0) is 15.5. The molecule has 2 N–H and O–H groups in total. The van der Waals surface area contributed by atoms with Gasteiger partial charge in [-0.1, -0.05) is 12.1 Å². The fourth-order valence-electron chi connectivity index (χ4n) is 1.96. The summed E-state index contributed by atoms with van der Waals surface area (Å²) in [5.41, 5.74) is 1.41. The van der Waals surface area contributed by atoms with Crippen molar-refractivity contribution in [3.05, 3.63) is 36.0 Å². The highest BCUT2D eigenvalue weighted by atomic mass is 32.2. The number of aryl methyl sites for hydroxylation is 1. The van der Waals surface area contributed by atoms with Gasteiger partial charge in [-0.15, -0.1) is 0 Å². The van der Waals surface area contributed by atoms with Crippen LogP contribution < -0.4 is 10.0 Å². The number of hydrogen-bond donors (Lipinski definition) is 2. The first-order valence-electron chi connectivity index (χ1n) is 6.49. The molecule has 0 saturated heterocycles. The average Bonchev–Trinajstić information content (AvgIpc) is 2.42. The first-order valence-corrected chi connectivity index (χ1v) is 7.98. The van der Waals surface area contributed by atoms with Crippen molar-refractivity contribution in [2.75, 3.05) is 13.1 Å². The van der Waals surface area contributed by atoms with Crippen molar-refractivity contribution >= 4 is 26.8 Å². The zero-order valence-electron chi connectivity index (χ0n) is 11.9. The predicted molar refractivity (Wildman–Crippen MR) is 80.4 cm³/mol. The third-order valence-corrected chi connectivity index (χ3v) is 4.38. The van der Waals surface area contributed by atoms with Gasteiger partial charge in [0.2, 0.25) is 15.9 Å². The highest BCUT2D eigenvalue weighted by molar-refractivity contribution is 7.89. The number of sulfonamides is 1. The second kappa shape index (κ2) is 6.19. The minimum atomic E-state index is -3.66. The van der Waals surface area contributed by atoms with E-state index < -0.39 is 10.0 Å². The molecule has 1 amide bonds. The highest BCUT2D eigenvalue weighted by Gasteiger charge is 2.17. The molecule has 2 rings (SSSR count). The Labute approximate surface area is 123 Å². The molecule has 7 heteroatoms. The van der Waals surface area contributed by atoms with Gasteiger partial charge >= 0.3 is 0 Å². The molecule has 6 nitrogen and oxygen atoms in total. The number of carbonyl (C=O) groups is 1. The number of hydrogen-bond acceptors (Lipinski definition) is 4. The molecular formula is C14H17N3O3S. The van der Waals surface area contributed by atoms with E-state index >= 15 is 0 Å². The van der Waals surface area contributed by atoms with Gasteiger partial charge in [0, 0.05) is 31.6 Å². The van der Waals surface area contributed by atoms with Gasteiger partial charge in [0.25, 0.3) is 0 Å². The third kappa shape index (κ3) is 3.77. The Morgan fingerprint density at radius 1 is 1.29 bits per heavy atom. The van der Waals surface area contributed by atoms with Crippen molar-refractivity contribution in [1.29, 1.82) is 0 Å². The summed E-state index contributed by atoms with van der Waals surface area (Å²) in [4.78, 5) is 15.1. The van der Waals surface area contributed by atoms with E-state index in [4.69, 9.17) is 0 Å². The number of nitrogens with one attached hydrogen (secondary N) is 2. The summed E-state index contributed by atoms with van der Waals surface area (Å²) in [5.74, 6) is -0.198. The number of rotatable bonds is 5. The van der Waals surface area contributed by atoms with Crippen LogP contribution in [-0.2, 0) is 14.8 Å². The van der Waals surface area contributed by atoms with Crippen LogP contribution in [0.15, 0.2) is 35.4 Å². The summed E-state index contributed by atoms with van der Waals surface area (Å²) < 4.78 is 27.1. The molecule has 0 saturated carbocycles. The molecule has 0 aliphatic heterocycles. The van der Waals surface area contributed by atoms with Crippen LogP contribution in [-0.4, -0.2) is 32.4 Å². The Morgan fingerprint density at radius 2 is 2.05 bits per heavy atom. The molecule has 1 aromatic heterocycles. The molecule has 0 aliphatic rings. The molecule has 0 spiro atoms. The van der Waals surface area contributed by atoms with E-state index in [1.807, 2.05) is 19.1 Å². The van der Waals surface area contributed by atoms with E-state index in [0.29, 0.717) is 5.52 Å². The lowest BCUT2D eigenvalue weighted by atomic mass is 10.2. The molecule has 0 atom stereocenters. The summed E-state index contributed by atoms with van der Waals surface area (Å²) >= 11 is 0. The average molecular weight is 307 g/mol. The first-order chi connectivity index (χ1) is 9.90. The van der Waals surface area contributed by atoms with Gasteiger partial charge in [0.15, 0.2) is 0 Å². The molecule has 0 unspecified atom stereocenters. The number of nitrogens with zero attached hydrogens (tertiary/aromatic N) is 1. The van der Waals surface area contributed by atoms with Crippen LogP contribution in [0.1, 0.15) is 12.5 Å². The molecule has 0 aliphatic carbocycles. The molecule has 0 radical (unpaired) electrons. The monoisotopic (exact) mass is 307 g/mol. The summed E-state index contributed by atoms with van der Waals surface area (Å²) in [5, 5.41) is 3.31. The second-order valence-corrected chi connectivity index (χ2v) is 6.46. The fourth-order valence-corrected chi connectivity index (χ4v) is 3.17. The van der Waals surface area contributed by atoms with Crippen LogP contribution >= 0.6 is 0 Å². The van der Waals surface area contributed by atoms with E-state index in [2.05, 4.69) is 15.0 Å². The van der Waals surface area contributed by atoms with Crippen molar-refractivity contribution in [3.8, 4) is 0 Å². The van der Waals surface area contributed by atoms with Crippen molar-refractivity contribution in [3.63, 3.8) is 0 Å². The quantitative estimate of drug-likeness (QED) is 0.805. The van der Waals surface area contributed by atoms with Crippen LogP contribution in [0.4, 0.5) is 0 Å². The zero-order valence-corrected chi connectivity index (χ0v) is 12.7. The Bertz CT molecular complexity index is 772. The maximum absolute atomic E-state index is 12.3. The lowest BCUT2D eigenvalue weighted by Gasteiger charge is -2.09. The van der Waals surface area contributed by atoms with Gasteiger partial charge in [0.1, 0.15) is 4.90 Å². The van der Waals surface area contributed by atoms with Crippen molar-refractivity contribution in [1.82, 2.24) is 15.0 Å². The van der Waals surface area contributed by atoms with Crippen LogP contribution in [0.3, 0.4) is 0 Å². The Balaban J connectivity index is 2.26. The molecule has 1 heterocycles. The van der Waals surface area contributed by atoms with Gasteiger partial charge in [0.05, 0.1) is 5.52 Å². The standard InChI is InChI=1S/C14H17N3O3S/c1-10-8-12-4-3-5-13(14(12)16-9-10)21(19,20)17-7-6-15-11(2)18/h3-5,8-9,17H,6-7H2,1-2H3,(H,15,18). The Kier molecular flexibility index (Phi) is 4.54. The lowest BCUT2D eigenvalue weighted by molar-refractivity contribution is -0.118. The summed E-state index contributed by atoms with van der Waals surface area (Å²) in [7, 11) is -3.66. The second-order valence-electron chi connectivity index (χ2n) is 4.72. The molecular weight excluding hydrogens is 290 g/mol. The number of pyridine rings is 1. The topological polar surface area (TPSA) is 88.2 Å². The minimum Gasteiger partial charge on any atom is -0.355 e. The van der Waals surface area contributed by atoms with Crippen LogP contribution in [0, 0.1) is 6.92 Å². The smallest absolute Gasteiger partial charge is 0.242 e. The summed E-state index contributed by atoms with van der Waals surface area (Å²) in [6.45, 7) is 3.65. The van der Waals surface area contributed by atoms with E-state index in [-0.39, 0.29) is 23.9 Å². The molecule has 1 aromatic carbocycles. The van der Waals surface area contributed by atoms with Gasteiger partial charge in [-0.05, 0) is 24.6 Å². The normalized spacial score (nSPS) is 11.5. The van der Waals surface area contributed by atoms with Crippen molar-refractivity contribution < 1.29 is 13.2 Å². The number of benzene rings is 1. The van der Waals surface area contributed by atoms with E-state index in [1.54, 1.807) is 12.3 Å². The van der Waals surface area contributed by atoms with E-state index in [9.17, 15) is 13.2 Å². The van der Waals surface area contributed by atoms with Crippen LogP contribution in [0.25, 0.3) is 10.9 Å². The molecule has 0 fully saturated rings. The van der Waals surface area contributed by atoms with Crippen LogP contribution in [0.5, 0.6) is 0 Å². The largest absolute Gasteiger partial charge is 0.355 e. The number of aromatic nitrogens is 1. The lowest BCUT2D eigenvalue weighted by Crippen LogP contribution is -2.33. The molecule has 21 heavy (non-hydrogen) atoms. The first kappa shape index (κ1) is 15.4. The molecule has 2 aromatic rings. The third-order valence-electron chi connectivity index (χ3n) is 2.89. The van der Waals surface area contributed by atoms with E-state index in [0.717, 1.165) is 10.9 Å². The van der Waals surface area contributed by atoms with Gasteiger partial charge in [-0.3, -0.25) is 9.78 Å². The summed E-state index contributed by atoms with van der Waals surface area (Å²) in [6, 6.07) is 6.92. The fraction of sp³-hybridized carbons (Fsp3) is 0.286. The maximum Gasteiger partial charge on any atom is 0.242 e. The highest BCUT2D eigenvalue weighted by Crippen LogP contribution is 2.21. The SMILES string of the molecule is CC(=O)NCCNS(=O)(=O)c1cccc2cc(C)cnc12. The van der Waals surface area contributed by atoms with Crippen molar-refractivity contribution in [2.45, 2.75) is 18.7 Å². The van der Waals surface area contributed by atoms with Crippen LogP contribution in [0.2, 0.25) is 0 Å². The predicted octanol–water partition coefficient (Wildman–Crippen LogP) is 0.958. The number of carbonyl (C=O) groups excluding carboxylic acids is 1. The van der Waals surface area contributed by atoms with Gasteiger partial charge in [-0.25, -0.2) is 13.1 Å². The number of para-hydroxylation sites is 1.